The van der Waals surface area contributed by atoms with Crippen LogP contribution >= 0.6 is 0 Å². The predicted molar refractivity (Wildman–Crippen MR) is 65.6 cm³/mol. The molecule has 1 aromatic carbocycles. The van der Waals surface area contributed by atoms with Crippen LogP contribution in [0, 0.1) is 19.8 Å². The van der Waals surface area contributed by atoms with Gasteiger partial charge in [-0.1, -0.05) is 17.7 Å². The Kier molecular flexibility index (Phi) is 2.88. The number of aryl methyl sites for hydroxylation is 2. The average Bonchev–Trinajstić information content (AvgIpc) is 2.61. The van der Waals surface area contributed by atoms with Crippen LogP contribution in [0.25, 0.3) is 0 Å². The highest BCUT2D eigenvalue weighted by Crippen LogP contribution is 2.28. The minimum atomic E-state index is -0.398. The first-order valence-electron chi connectivity index (χ1n) is 5.66. The second-order valence-electron chi connectivity index (χ2n) is 4.60. The van der Waals surface area contributed by atoms with E-state index >= 15 is 0 Å². The topological polar surface area (TPSA) is 63.4 Å². The maximum atomic E-state index is 11.8. The molecule has 0 aromatic heterocycles. The maximum absolute atomic E-state index is 11.8. The average molecular weight is 232 g/mol. The van der Waals surface area contributed by atoms with E-state index < -0.39 is 5.91 Å². The number of hydrogen-bond acceptors (Lipinski definition) is 2. The van der Waals surface area contributed by atoms with Gasteiger partial charge in [-0.3, -0.25) is 9.59 Å². The van der Waals surface area contributed by atoms with E-state index in [0.29, 0.717) is 6.54 Å². The van der Waals surface area contributed by atoms with Gasteiger partial charge in [0.2, 0.25) is 11.8 Å². The third kappa shape index (κ3) is 2.16. The molecule has 1 aromatic rings. The van der Waals surface area contributed by atoms with Crippen LogP contribution in [0.2, 0.25) is 0 Å². The summed E-state index contributed by atoms with van der Waals surface area (Å²) in [6, 6.07) is 5.92. The van der Waals surface area contributed by atoms with Crippen LogP contribution in [0.4, 0.5) is 5.69 Å². The van der Waals surface area contributed by atoms with Gasteiger partial charge in [-0.05, 0) is 25.5 Å². The van der Waals surface area contributed by atoms with Gasteiger partial charge in [-0.2, -0.15) is 0 Å². The Morgan fingerprint density at radius 1 is 1.41 bits per heavy atom. The van der Waals surface area contributed by atoms with E-state index in [0.717, 1.165) is 16.8 Å². The highest BCUT2D eigenvalue weighted by atomic mass is 16.2. The third-order valence-corrected chi connectivity index (χ3v) is 3.17. The van der Waals surface area contributed by atoms with E-state index in [2.05, 4.69) is 0 Å². The molecule has 2 amide bonds. The number of hydrogen-bond donors (Lipinski definition) is 1. The van der Waals surface area contributed by atoms with Crippen LogP contribution in [0.1, 0.15) is 17.5 Å². The van der Waals surface area contributed by atoms with E-state index in [-0.39, 0.29) is 18.2 Å². The summed E-state index contributed by atoms with van der Waals surface area (Å²) >= 11 is 0. The first-order valence-corrected chi connectivity index (χ1v) is 5.66. The zero-order chi connectivity index (χ0) is 12.6. The lowest BCUT2D eigenvalue weighted by molar-refractivity contribution is -0.123. The number of rotatable bonds is 2. The Labute approximate surface area is 100 Å². The van der Waals surface area contributed by atoms with Crippen molar-refractivity contribution in [2.75, 3.05) is 11.4 Å². The smallest absolute Gasteiger partial charge is 0.227 e. The fourth-order valence-electron chi connectivity index (χ4n) is 2.24. The fraction of sp³-hybridized carbons (Fsp3) is 0.385. The monoisotopic (exact) mass is 232 g/mol. The number of primary amides is 1. The molecule has 1 saturated heterocycles. The Morgan fingerprint density at radius 3 is 2.65 bits per heavy atom. The molecular weight excluding hydrogens is 216 g/mol. The second-order valence-corrected chi connectivity index (χ2v) is 4.60. The van der Waals surface area contributed by atoms with Crippen molar-refractivity contribution in [3.63, 3.8) is 0 Å². The van der Waals surface area contributed by atoms with Crippen molar-refractivity contribution >= 4 is 17.5 Å². The zero-order valence-corrected chi connectivity index (χ0v) is 10.1. The van der Waals surface area contributed by atoms with E-state index in [4.69, 9.17) is 5.73 Å². The van der Waals surface area contributed by atoms with Gasteiger partial charge in [0.15, 0.2) is 0 Å². The van der Waals surface area contributed by atoms with Gasteiger partial charge in [0, 0.05) is 18.7 Å². The molecule has 1 aliphatic heterocycles. The van der Waals surface area contributed by atoms with Crippen molar-refractivity contribution in [1.82, 2.24) is 0 Å². The first-order chi connectivity index (χ1) is 7.99. The largest absolute Gasteiger partial charge is 0.369 e. The molecule has 1 heterocycles. The molecule has 0 spiro atoms. The highest BCUT2D eigenvalue weighted by Gasteiger charge is 2.34. The van der Waals surface area contributed by atoms with Gasteiger partial charge in [-0.25, -0.2) is 0 Å². The quantitative estimate of drug-likeness (QED) is 0.831. The maximum Gasteiger partial charge on any atom is 0.227 e. The third-order valence-electron chi connectivity index (χ3n) is 3.17. The predicted octanol–water partition coefficient (Wildman–Crippen LogP) is 1.14. The SMILES string of the molecule is Cc1ccc(N2C[C@H](C(N)=O)CC2=O)c(C)c1. The minimum absolute atomic E-state index is 0.0271. The van der Waals surface area contributed by atoms with E-state index in [9.17, 15) is 9.59 Å². The molecule has 0 bridgehead atoms. The summed E-state index contributed by atoms with van der Waals surface area (Å²) in [6.07, 6.45) is 0.225. The molecule has 0 saturated carbocycles. The standard InChI is InChI=1S/C13H16N2O2/c1-8-3-4-11(9(2)5-8)15-7-10(13(14)17)6-12(15)16/h3-5,10H,6-7H2,1-2H3,(H2,14,17)/t10-/m1/s1. The highest BCUT2D eigenvalue weighted by molar-refractivity contribution is 6.00. The molecule has 1 fully saturated rings. The van der Waals surface area contributed by atoms with E-state index in [1.165, 1.54) is 0 Å². The molecule has 17 heavy (non-hydrogen) atoms. The number of carbonyl (C=O) groups is 2. The first kappa shape index (κ1) is 11.6. The van der Waals surface area contributed by atoms with Gasteiger partial charge in [0.1, 0.15) is 0 Å². The summed E-state index contributed by atoms with van der Waals surface area (Å²) in [7, 11) is 0. The number of carbonyl (C=O) groups excluding carboxylic acids is 2. The molecule has 0 radical (unpaired) electrons. The Balaban J connectivity index is 2.29. The van der Waals surface area contributed by atoms with Crippen LogP contribution < -0.4 is 10.6 Å². The summed E-state index contributed by atoms with van der Waals surface area (Å²) in [5.41, 5.74) is 8.33. The molecule has 1 atom stereocenters. The normalized spacial score (nSPS) is 19.8. The number of anilines is 1. The van der Waals surface area contributed by atoms with Gasteiger partial charge in [0.05, 0.1) is 5.92 Å². The van der Waals surface area contributed by atoms with Gasteiger partial charge in [-0.15, -0.1) is 0 Å². The van der Waals surface area contributed by atoms with Crippen molar-refractivity contribution in [1.29, 1.82) is 0 Å². The van der Waals surface area contributed by atoms with Gasteiger partial charge >= 0.3 is 0 Å². The summed E-state index contributed by atoms with van der Waals surface area (Å²) in [5, 5.41) is 0. The van der Waals surface area contributed by atoms with Crippen molar-refractivity contribution in [2.24, 2.45) is 11.7 Å². The van der Waals surface area contributed by atoms with Crippen LogP contribution in [0.3, 0.4) is 0 Å². The van der Waals surface area contributed by atoms with Gasteiger partial charge in [0.25, 0.3) is 0 Å². The van der Waals surface area contributed by atoms with Crippen molar-refractivity contribution in [2.45, 2.75) is 20.3 Å². The number of amides is 2. The van der Waals surface area contributed by atoms with Crippen molar-refractivity contribution in [3.05, 3.63) is 29.3 Å². The molecule has 4 nitrogen and oxygen atoms in total. The Morgan fingerprint density at radius 2 is 2.12 bits per heavy atom. The number of benzene rings is 1. The molecule has 2 N–H and O–H groups in total. The van der Waals surface area contributed by atoms with E-state index in [1.807, 2.05) is 32.0 Å². The molecule has 1 aliphatic rings. The molecule has 4 heteroatoms. The second kappa shape index (κ2) is 4.20. The molecule has 2 rings (SSSR count). The summed E-state index contributed by atoms with van der Waals surface area (Å²) in [5.74, 6) is -0.783. The van der Waals surface area contributed by atoms with Crippen molar-refractivity contribution < 1.29 is 9.59 Å². The lowest BCUT2D eigenvalue weighted by Crippen LogP contribution is -2.28. The van der Waals surface area contributed by atoms with Crippen LogP contribution in [0.5, 0.6) is 0 Å². The number of nitrogens with zero attached hydrogens (tertiary/aromatic N) is 1. The Hall–Kier alpha value is -1.84. The molecule has 90 valence electrons. The minimum Gasteiger partial charge on any atom is -0.369 e. The van der Waals surface area contributed by atoms with Crippen LogP contribution in [-0.2, 0) is 9.59 Å². The Bertz CT molecular complexity index is 482. The fourth-order valence-corrected chi connectivity index (χ4v) is 2.24. The summed E-state index contributed by atoms with van der Waals surface area (Å²) in [4.78, 5) is 24.6. The number of nitrogens with two attached hydrogens (primary N) is 1. The lowest BCUT2D eigenvalue weighted by atomic mass is 10.1. The summed E-state index contributed by atoms with van der Waals surface area (Å²) < 4.78 is 0. The molecule has 0 aliphatic carbocycles. The molecular formula is C13H16N2O2. The zero-order valence-electron chi connectivity index (χ0n) is 10.1. The van der Waals surface area contributed by atoms with Crippen LogP contribution in [-0.4, -0.2) is 18.4 Å². The summed E-state index contributed by atoms with van der Waals surface area (Å²) in [6.45, 7) is 4.38. The van der Waals surface area contributed by atoms with Crippen molar-refractivity contribution in [3.8, 4) is 0 Å². The van der Waals surface area contributed by atoms with Gasteiger partial charge < -0.3 is 10.6 Å². The lowest BCUT2D eigenvalue weighted by Gasteiger charge is -2.19. The molecule has 0 unspecified atom stereocenters. The van der Waals surface area contributed by atoms with Crippen LogP contribution in [0.15, 0.2) is 18.2 Å². The van der Waals surface area contributed by atoms with E-state index in [1.54, 1.807) is 4.90 Å².